The van der Waals surface area contributed by atoms with Crippen molar-refractivity contribution in [2.24, 2.45) is 0 Å². The highest BCUT2D eigenvalue weighted by Crippen LogP contribution is 2.44. The van der Waals surface area contributed by atoms with Gasteiger partial charge in [-0.15, -0.1) is 0 Å². The van der Waals surface area contributed by atoms with Crippen LogP contribution in [-0.2, 0) is 16.0 Å². The van der Waals surface area contributed by atoms with E-state index < -0.39 is 41.4 Å². The lowest BCUT2D eigenvalue weighted by atomic mass is 9.79. The molecule has 4 unspecified atom stereocenters. The topological polar surface area (TPSA) is 145 Å². The molecule has 9 nitrogen and oxygen atoms in total. The van der Waals surface area contributed by atoms with E-state index in [9.17, 15) is 29.7 Å². The standard InChI is InChI=1S/C27H31NO8/c1-13-18(28(3)4)9-10-19(36-13)15-7-8-17-22(24(15)32)26(34)16-6-5-14(23(31)21(16)25(17)33)11-27(2,35)12-20(29)30/h5-8,13,18-19,31-32,35H,9-12H2,1-4H3,(H,29,30). The first-order valence-electron chi connectivity index (χ1n) is 11.9. The largest absolute Gasteiger partial charge is 0.507 e. The van der Waals surface area contributed by atoms with Crippen LogP contribution >= 0.6 is 0 Å². The van der Waals surface area contributed by atoms with Gasteiger partial charge in [0.05, 0.1) is 35.4 Å². The minimum Gasteiger partial charge on any atom is -0.507 e. The highest BCUT2D eigenvalue weighted by molar-refractivity contribution is 6.30. The molecule has 1 fully saturated rings. The van der Waals surface area contributed by atoms with Crippen LogP contribution in [0.15, 0.2) is 24.3 Å². The minimum atomic E-state index is -1.67. The number of carboxylic acids is 1. The van der Waals surface area contributed by atoms with Crippen LogP contribution in [0.4, 0.5) is 0 Å². The molecule has 2 aromatic rings. The maximum absolute atomic E-state index is 13.4. The number of ether oxygens (including phenoxy) is 1. The molecule has 1 saturated heterocycles. The van der Waals surface area contributed by atoms with Gasteiger partial charge in [-0.1, -0.05) is 12.1 Å². The van der Waals surface area contributed by atoms with Gasteiger partial charge in [0.15, 0.2) is 11.6 Å². The van der Waals surface area contributed by atoms with Crippen molar-refractivity contribution in [3.63, 3.8) is 0 Å². The Morgan fingerprint density at radius 3 is 2.17 bits per heavy atom. The summed E-state index contributed by atoms with van der Waals surface area (Å²) in [6.07, 6.45) is 0.153. The van der Waals surface area contributed by atoms with Crippen LogP contribution < -0.4 is 0 Å². The Morgan fingerprint density at radius 2 is 1.61 bits per heavy atom. The third-order valence-electron chi connectivity index (χ3n) is 7.17. The predicted molar refractivity (Wildman–Crippen MR) is 130 cm³/mol. The molecule has 2 aromatic carbocycles. The number of phenols is 2. The van der Waals surface area contributed by atoms with Gasteiger partial charge in [-0.25, -0.2) is 0 Å². The molecule has 0 aromatic heterocycles. The number of aliphatic hydroxyl groups is 1. The predicted octanol–water partition coefficient (Wildman–Crippen LogP) is 2.81. The van der Waals surface area contributed by atoms with Crippen molar-refractivity contribution in [2.45, 2.75) is 63.4 Å². The van der Waals surface area contributed by atoms with Gasteiger partial charge < -0.3 is 30.1 Å². The van der Waals surface area contributed by atoms with Gasteiger partial charge in [0.25, 0.3) is 0 Å². The van der Waals surface area contributed by atoms with Gasteiger partial charge in [-0.3, -0.25) is 14.4 Å². The molecule has 4 rings (SSSR count). The van der Waals surface area contributed by atoms with E-state index in [0.29, 0.717) is 12.0 Å². The lowest BCUT2D eigenvalue weighted by molar-refractivity contribution is -0.141. The van der Waals surface area contributed by atoms with Crippen molar-refractivity contribution < 1.29 is 39.5 Å². The first-order valence-corrected chi connectivity index (χ1v) is 11.9. The van der Waals surface area contributed by atoms with Gasteiger partial charge in [-0.05, 0) is 58.5 Å². The van der Waals surface area contributed by atoms with E-state index in [0.717, 1.165) is 6.42 Å². The average Bonchev–Trinajstić information content (AvgIpc) is 2.77. The van der Waals surface area contributed by atoms with Crippen molar-refractivity contribution in [3.05, 3.63) is 57.6 Å². The van der Waals surface area contributed by atoms with E-state index in [-0.39, 0.29) is 52.1 Å². The van der Waals surface area contributed by atoms with E-state index >= 15 is 0 Å². The maximum atomic E-state index is 13.4. The van der Waals surface area contributed by atoms with Crippen molar-refractivity contribution in [3.8, 4) is 11.5 Å². The summed E-state index contributed by atoms with van der Waals surface area (Å²) in [7, 11) is 3.97. The Kier molecular flexibility index (Phi) is 6.68. The Labute approximate surface area is 208 Å². The van der Waals surface area contributed by atoms with Crippen LogP contribution in [0.2, 0.25) is 0 Å². The molecule has 192 valence electrons. The van der Waals surface area contributed by atoms with E-state index in [4.69, 9.17) is 9.84 Å². The Balaban J connectivity index is 1.69. The number of benzene rings is 2. The van der Waals surface area contributed by atoms with Crippen LogP contribution in [0.1, 0.15) is 82.2 Å². The zero-order valence-electron chi connectivity index (χ0n) is 20.7. The second-order valence-corrected chi connectivity index (χ2v) is 10.3. The maximum Gasteiger partial charge on any atom is 0.306 e. The Hall–Kier alpha value is -3.27. The quantitative estimate of drug-likeness (QED) is 0.404. The number of phenolic OH excluding ortho intramolecular Hbond substituents is 2. The third kappa shape index (κ3) is 4.50. The minimum absolute atomic E-state index is 0.0338. The summed E-state index contributed by atoms with van der Waals surface area (Å²) in [4.78, 5) is 39.9. The number of aromatic hydroxyl groups is 2. The number of rotatable bonds is 6. The molecule has 36 heavy (non-hydrogen) atoms. The van der Waals surface area contributed by atoms with Crippen molar-refractivity contribution >= 4 is 17.5 Å². The van der Waals surface area contributed by atoms with E-state index in [1.165, 1.54) is 25.1 Å². The second-order valence-electron chi connectivity index (χ2n) is 10.3. The van der Waals surface area contributed by atoms with Crippen molar-refractivity contribution in [2.75, 3.05) is 14.1 Å². The van der Waals surface area contributed by atoms with E-state index in [1.807, 2.05) is 21.0 Å². The molecule has 9 heteroatoms. The molecule has 0 amide bonds. The van der Waals surface area contributed by atoms with Gasteiger partial charge in [-0.2, -0.15) is 0 Å². The third-order valence-corrected chi connectivity index (χ3v) is 7.17. The first-order chi connectivity index (χ1) is 16.8. The first kappa shape index (κ1) is 25.8. The SMILES string of the molecule is CC1OC(c2ccc3c(c2O)C(=O)c2ccc(CC(C)(O)CC(=O)O)c(O)c2C3=O)CCC1N(C)C. The highest BCUT2D eigenvalue weighted by atomic mass is 16.5. The zero-order valence-corrected chi connectivity index (χ0v) is 20.7. The van der Waals surface area contributed by atoms with Crippen LogP contribution in [0, 0.1) is 0 Å². The monoisotopic (exact) mass is 497 g/mol. The summed E-state index contributed by atoms with van der Waals surface area (Å²) >= 11 is 0. The van der Waals surface area contributed by atoms with Gasteiger partial charge in [0.2, 0.25) is 0 Å². The van der Waals surface area contributed by atoms with Crippen molar-refractivity contribution in [1.29, 1.82) is 0 Å². The van der Waals surface area contributed by atoms with Crippen LogP contribution in [0.25, 0.3) is 0 Å². The number of carbonyl (C=O) groups excluding carboxylic acids is 2. The number of fused-ring (bicyclic) bond motifs is 2. The Morgan fingerprint density at radius 1 is 1.03 bits per heavy atom. The van der Waals surface area contributed by atoms with Gasteiger partial charge >= 0.3 is 5.97 Å². The smallest absolute Gasteiger partial charge is 0.306 e. The summed E-state index contributed by atoms with van der Waals surface area (Å²) in [6, 6.07) is 6.01. The number of hydrogen-bond acceptors (Lipinski definition) is 8. The van der Waals surface area contributed by atoms with Crippen molar-refractivity contribution in [1.82, 2.24) is 4.90 Å². The number of hydrogen-bond donors (Lipinski definition) is 4. The molecular weight excluding hydrogens is 466 g/mol. The summed E-state index contributed by atoms with van der Waals surface area (Å²) < 4.78 is 6.15. The molecule has 1 aliphatic heterocycles. The highest BCUT2D eigenvalue weighted by Gasteiger charge is 2.39. The summed E-state index contributed by atoms with van der Waals surface area (Å²) in [5, 5.41) is 41.4. The summed E-state index contributed by atoms with van der Waals surface area (Å²) in [6.45, 7) is 3.28. The molecule has 1 aliphatic carbocycles. The fourth-order valence-corrected chi connectivity index (χ4v) is 5.43. The van der Waals surface area contributed by atoms with Crippen LogP contribution in [-0.4, -0.2) is 74.7 Å². The summed E-state index contributed by atoms with van der Waals surface area (Å²) in [5.41, 5.74) is -1.54. The molecule has 0 radical (unpaired) electrons. The molecule has 1 heterocycles. The summed E-state index contributed by atoms with van der Waals surface area (Å²) in [5.74, 6) is -3.23. The molecule has 0 saturated carbocycles. The molecule has 4 N–H and O–H groups in total. The Bertz CT molecular complexity index is 1250. The zero-order chi connectivity index (χ0) is 26.5. The second kappa shape index (κ2) is 9.31. The molecule has 0 spiro atoms. The van der Waals surface area contributed by atoms with Gasteiger partial charge in [0.1, 0.15) is 11.5 Å². The number of ketones is 2. The average molecular weight is 498 g/mol. The number of nitrogens with zero attached hydrogens (tertiary/aromatic N) is 1. The number of carboxylic acid groups (broad SMARTS) is 1. The molecule has 0 bridgehead atoms. The number of likely N-dealkylation sites (N-methyl/N-ethyl adjacent to an activating group) is 1. The number of carbonyl (C=O) groups is 3. The fraction of sp³-hybridized carbons (Fsp3) is 0.444. The van der Waals surface area contributed by atoms with Crippen LogP contribution in [0.5, 0.6) is 11.5 Å². The van der Waals surface area contributed by atoms with Gasteiger partial charge in [0, 0.05) is 29.2 Å². The van der Waals surface area contributed by atoms with E-state index in [1.54, 1.807) is 6.07 Å². The lowest BCUT2D eigenvalue weighted by Gasteiger charge is -2.38. The normalized spacial score (nSPS) is 23.2. The lowest BCUT2D eigenvalue weighted by Crippen LogP contribution is -2.43. The van der Waals surface area contributed by atoms with Crippen LogP contribution in [0.3, 0.4) is 0 Å². The number of aliphatic carboxylic acids is 1. The molecular formula is C27H31NO8. The molecule has 4 atom stereocenters. The molecule has 2 aliphatic rings. The fourth-order valence-electron chi connectivity index (χ4n) is 5.43. The van der Waals surface area contributed by atoms with E-state index in [2.05, 4.69) is 4.90 Å².